The van der Waals surface area contributed by atoms with Crippen LogP contribution in [0.25, 0.3) is 21.5 Å². The molecule has 0 N–H and O–H groups in total. The van der Waals surface area contributed by atoms with Gasteiger partial charge in [-0.25, -0.2) is 0 Å². The summed E-state index contributed by atoms with van der Waals surface area (Å²) in [6.07, 6.45) is 3.71. The lowest BCUT2D eigenvalue weighted by molar-refractivity contribution is 0.795. The largest absolute Gasteiger partial charge is 0.0654 e. The van der Waals surface area contributed by atoms with Gasteiger partial charge in [0, 0.05) is 0 Å². The Morgan fingerprint density at radius 1 is 0.708 bits per heavy atom. The highest BCUT2D eigenvalue weighted by molar-refractivity contribution is 6.06. The maximum Gasteiger partial charge on any atom is -0.0137 e. The van der Waals surface area contributed by atoms with Crippen molar-refractivity contribution in [1.29, 1.82) is 0 Å². The Labute approximate surface area is 146 Å². The fourth-order valence-corrected chi connectivity index (χ4v) is 4.07. The minimum Gasteiger partial charge on any atom is -0.0654 e. The first-order chi connectivity index (χ1) is 11.5. The number of hydrogen-bond donors (Lipinski definition) is 0. The summed E-state index contributed by atoms with van der Waals surface area (Å²) in [6.45, 7) is 11.6. The zero-order valence-corrected chi connectivity index (χ0v) is 15.8. The summed E-state index contributed by atoms with van der Waals surface area (Å²) in [6, 6.07) is 16.2. The predicted octanol–water partition coefficient (Wildman–Crippen LogP) is 7.58. The molecule has 0 amide bonds. The molecule has 0 heterocycles. The highest BCUT2D eigenvalue weighted by Gasteiger charge is 2.17. The highest BCUT2D eigenvalue weighted by Crippen LogP contribution is 2.40. The zero-order chi connectivity index (χ0) is 17.3. The highest BCUT2D eigenvalue weighted by atomic mass is 14.2. The molecule has 0 fully saturated rings. The van der Waals surface area contributed by atoms with E-state index in [1.165, 1.54) is 57.5 Å². The van der Waals surface area contributed by atoms with Gasteiger partial charge in [-0.3, -0.25) is 0 Å². The molecule has 3 rings (SSSR count). The van der Waals surface area contributed by atoms with Crippen LogP contribution in [0.5, 0.6) is 0 Å². The number of benzene rings is 3. The molecular formula is C24H30. The second-order valence-electron chi connectivity index (χ2n) is 7.67. The lowest BCUT2D eigenvalue weighted by Crippen LogP contribution is -2.00. The average molecular weight is 319 g/mol. The molecule has 0 nitrogen and oxygen atoms in total. The van der Waals surface area contributed by atoms with Crippen LogP contribution < -0.4 is 0 Å². The SMILES string of the molecule is CCCCc1ccc2c(C(C)C)c3ccccc3c(C(C)C)c2c1. The van der Waals surface area contributed by atoms with Crippen LogP contribution in [0, 0.1) is 0 Å². The fraction of sp³-hybridized carbons (Fsp3) is 0.417. The topological polar surface area (TPSA) is 0 Å². The van der Waals surface area contributed by atoms with Crippen molar-refractivity contribution in [2.75, 3.05) is 0 Å². The van der Waals surface area contributed by atoms with Crippen molar-refractivity contribution in [3.8, 4) is 0 Å². The monoisotopic (exact) mass is 318 g/mol. The molecule has 0 bridgehead atoms. The van der Waals surface area contributed by atoms with Crippen LogP contribution in [-0.2, 0) is 6.42 Å². The molecule has 0 aliphatic heterocycles. The third-order valence-corrected chi connectivity index (χ3v) is 5.15. The van der Waals surface area contributed by atoms with Crippen LogP contribution in [0.3, 0.4) is 0 Å². The Morgan fingerprint density at radius 3 is 1.79 bits per heavy atom. The molecule has 3 aromatic rings. The van der Waals surface area contributed by atoms with Crippen LogP contribution in [0.4, 0.5) is 0 Å². The Morgan fingerprint density at radius 2 is 1.25 bits per heavy atom. The normalized spacial score (nSPS) is 12.0. The van der Waals surface area contributed by atoms with Crippen LogP contribution in [-0.4, -0.2) is 0 Å². The summed E-state index contributed by atoms with van der Waals surface area (Å²) in [5.74, 6) is 1.06. The van der Waals surface area contributed by atoms with E-state index >= 15 is 0 Å². The molecule has 0 aromatic heterocycles. The second-order valence-corrected chi connectivity index (χ2v) is 7.67. The van der Waals surface area contributed by atoms with Crippen molar-refractivity contribution in [2.24, 2.45) is 0 Å². The number of unbranched alkanes of at least 4 members (excludes halogenated alkanes) is 1. The van der Waals surface area contributed by atoms with Crippen LogP contribution in [0.1, 0.15) is 76.0 Å². The van der Waals surface area contributed by atoms with Crippen molar-refractivity contribution in [1.82, 2.24) is 0 Å². The van der Waals surface area contributed by atoms with E-state index in [1.54, 1.807) is 0 Å². The molecule has 0 unspecified atom stereocenters. The summed E-state index contributed by atoms with van der Waals surface area (Å²) in [7, 11) is 0. The molecule has 0 spiro atoms. The number of rotatable bonds is 5. The van der Waals surface area contributed by atoms with E-state index in [0.29, 0.717) is 11.8 Å². The molecule has 126 valence electrons. The van der Waals surface area contributed by atoms with Gasteiger partial charge in [-0.05, 0) is 62.9 Å². The lowest BCUT2D eigenvalue weighted by atomic mass is 9.83. The van der Waals surface area contributed by atoms with Crippen molar-refractivity contribution in [2.45, 2.75) is 65.7 Å². The smallest absolute Gasteiger partial charge is 0.0137 e. The van der Waals surface area contributed by atoms with Gasteiger partial charge >= 0.3 is 0 Å². The fourth-order valence-electron chi connectivity index (χ4n) is 4.07. The quantitative estimate of drug-likeness (QED) is 0.425. The maximum atomic E-state index is 2.47. The van der Waals surface area contributed by atoms with E-state index in [0.717, 1.165) is 0 Å². The van der Waals surface area contributed by atoms with E-state index in [9.17, 15) is 0 Å². The van der Waals surface area contributed by atoms with Gasteiger partial charge in [-0.15, -0.1) is 0 Å². The van der Waals surface area contributed by atoms with Gasteiger partial charge in [-0.2, -0.15) is 0 Å². The Kier molecular flexibility index (Phi) is 4.94. The second kappa shape index (κ2) is 6.97. The molecule has 24 heavy (non-hydrogen) atoms. The Balaban J connectivity index is 2.41. The summed E-state index contributed by atoms with van der Waals surface area (Å²) in [5, 5.41) is 5.80. The minimum absolute atomic E-state index is 0.528. The van der Waals surface area contributed by atoms with E-state index < -0.39 is 0 Å². The van der Waals surface area contributed by atoms with E-state index in [4.69, 9.17) is 0 Å². The number of hydrogen-bond acceptors (Lipinski definition) is 0. The standard InChI is InChI=1S/C24H30/c1-6-7-10-18-13-14-21-22(15-18)24(17(4)5)20-12-9-8-11-19(20)23(21)16(2)3/h8-9,11-17H,6-7,10H2,1-5H3. The first-order valence-electron chi connectivity index (χ1n) is 9.51. The van der Waals surface area contributed by atoms with Gasteiger partial charge < -0.3 is 0 Å². The van der Waals surface area contributed by atoms with Gasteiger partial charge in [0.1, 0.15) is 0 Å². The van der Waals surface area contributed by atoms with Crippen LogP contribution in [0.2, 0.25) is 0 Å². The lowest BCUT2D eigenvalue weighted by Gasteiger charge is -2.21. The number of aryl methyl sites for hydroxylation is 1. The van der Waals surface area contributed by atoms with E-state index in [2.05, 4.69) is 77.1 Å². The summed E-state index contributed by atoms with van der Waals surface area (Å²) < 4.78 is 0. The third kappa shape index (κ3) is 2.95. The van der Waals surface area contributed by atoms with Crippen molar-refractivity contribution in [3.63, 3.8) is 0 Å². The molecule has 0 heteroatoms. The minimum atomic E-state index is 0.528. The molecule has 3 aromatic carbocycles. The third-order valence-electron chi connectivity index (χ3n) is 5.15. The predicted molar refractivity (Wildman–Crippen MR) is 108 cm³/mol. The van der Waals surface area contributed by atoms with Crippen LogP contribution in [0.15, 0.2) is 42.5 Å². The van der Waals surface area contributed by atoms with E-state index in [1.807, 2.05) is 0 Å². The first kappa shape index (κ1) is 17.0. The summed E-state index contributed by atoms with van der Waals surface area (Å²) in [5.41, 5.74) is 4.51. The van der Waals surface area contributed by atoms with Gasteiger partial charge in [0.25, 0.3) is 0 Å². The van der Waals surface area contributed by atoms with E-state index in [-0.39, 0.29) is 0 Å². The first-order valence-corrected chi connectivity index (χ1v) is 9.51. The van der Waals surface area contributed by atoms with Gasteiger partial charge in [0.15, 0.2) is 0 Å². The molecule has 0 aliphatic rings. The van der Waals surface area contributed by atoms with Crippen LogP contribution >= 0.6 is 0 Å². The van der Waals surface area contributed by atoms with Crippen molar-refractivity contribution in [3.05, 3.63) is 59.2 Å². The summed E-state index contributed by atoms with van der Waals surface area (Å²) >= 11 is 0. The molecular weight excluding hydrogens is 288 g/mol. The van der Waals surface area contributed by atoms with Gasteiger partial charge in [-0.1, -0.05) is 83.5 Å². The number of fused-ring (bicyclic) bond motifs is 2. The molecule has 0 aliphatic carbocycles. The van der Waals surface area contributed by atoms with Gasteiger partial charge in [0.05, 0.1) is 0 Å². The van der Waals surface area contributed by atoms with Gasteiger partial charge in [0.2, 0.25) is 0 Å². The summed E-state index contributed by atoms with van der Waals surface area (Å²) in [4.78, 5) is 0. The molecule has 0 saturated carbocycles. The van der Waals surface area contributed by atoms with Crippen molar-refractivity contribution < 1.29 is 0 Å². The maximum absolute atomic E-state index is 2.47. The Bertz CT molecular complexity index is 853. The molecule has 0 saturated heterocycles. The molecule has 0 radical (unpaired) electrons. The Hall–Kier alpha value is -1.82. The molecule has 0 atom stereocenters. The zero-order valence-electron chi connectivity index (χ0n) is 15.8. The van der Waals surface area contributed by atoms with Crippen molar-refractivity contribution >= 4 is 21.5 Å². The average Bonchev–Trinajstić information content (AvgIpc) is 2.56.